The van der Waals surface area contributed by atoms with Gasteiger partial charge in [0.2, 0.25) is 10.0 Å². The smallest absolute Gasteiger partial charge is 0.242 e. The lowest BCUT2D eigenvalue weighted by Gasteiger charge is -2.16. The molecule has 0 spiro atoms. The van der Waals surface area contributed by atoms with Crippen LogP contribution in [0.2, 0.25) is 0 Å². The molecule has 2 rings (SSSR count). The number of hydrogen-bond donors (Lipinski definition) is 3. The van der Waals surface area contributed by atoms with Gasteiger partial charge in [0.05, 0.1) is 17.5 Å². The van der Waals surface area contributed by atoms with Crippen molar-refractivity contribution >= 4 is 10.0 Å². The molecule has 0 amide bonds. The van der Waals surface area contributed by atoms with Crippen LogP contribution >= 0.6 is 0 Å². The summed E-state index contributed by atoms with van der Waals surface area (Å²) >= 11 is 0. The first-order valence-electron chi connectivity index (χ1n) is 5.44. The van der Waals surface area contributed by atoms with Gasteiger partial charge in [0.25, 0.3) is 0 Å². The van der Waals surface area contributed by atoms with Crippen molar-refractivity contribution < 1.29 is 13.5 Å². The molecule has 0 radical (unpaired) electrons. The van der Waals surface area contributed by atoms with Gasteiger partial charge in [-0.25, -0.2) is 13.1 Å². The zero-order chi connectivity index (χ0) is 13.0. The molecular weight excluding hydrogens is 252 g/mol. The largest absolute Gasteiger partial charge is 0.394 e. The van der Waals surface area contributed by atoms with E-state index in [1.54, 1.807) is 24.3 Å². The van der Waals surface area contributed by atoms with E-state index in [1.807, 2.05) is 6.07 Å². The van der Waals surface area contributed by atoms with Gasteiger partial charge in [-0.3, -0.25) is 0 Å². The molecule has 1 aromatic carbocycles. The zero-order valence-electron chi connectivity index (χ0n) is 9.58. The number of aromatic nitrogens is 1. The predicted octanol–water partition coefficient (Wildman–Crippen LogP) is 1.03. The highest BCUT2D eigenvalue weighted by molar-refractivity contribution is 7.89. The van der Waals surface area contributed by atoms with Crippen molar-refractivity contribution in [3.05, 3.63) is 54.4 Å². The van der Waals surface area contributed by atoms with Crippen LogP contribution in [0.3, 0.4) is 0 Å². The van der Waals surface area contributed by atoms with Gasteiger partial charge in [-0.2, -0.15) is 0 Å². The first kappa shape index (κ1) is 12.8. The average molecular weight is 266 g/mol. The second-order valence-corrected chi connectivity index (χ2v) is 5.53. The van der Waals surface area contributed by atoms with E-state index < -0.39 is 16.1 Å². The molecule has 0 bridgehead atoms. The lowest BCUT2D eigenvalue weighted by atomic mass is 10.1. The summed E-state index contributed by atoms with van der Waals surface area (Å²) in [5.41, 5.74) is 0.721. The second kappa shape index (κ2) is 5.34. The molecule has 1 unspecified atom stereocenters. The Morgan fingerprint density at radius 2 is 1.94 bits per heavy atom. The van der Waals surface area contributed by atoms with Crippen LogP contribution in [0.1, 0.15) is 11.6 Å². The second-order valence-electron chi connectivity index (χ2n) is 3.81. The zero-order valence-corrected chi connectivity index (χ0v) is 10.4. The van der Waals surface area contributed by atoms with Crippen molar-refractivity contribution in [1.29, 1.82) is 0 Å². The Morgan fingerprint density at radius 1 is 1.22 bits per heavy atom. The summed E-state index contributed by atoms with van der Waals surface area (Å²) < 4.78 is 26.5. The molecule has 6 heteroatoms. The van der Waals surface area contributed by atoms with Crippen molar-refractivity contribution in [2.45, 2.75) is 10.9 Å². The lowest BCUT2D eigenvalue weighted by Crippen LogP contribution is -2.30. The lowest BCUT2D eigenvalue weighted by molar-refractivity contribution is 0.259. The standard InChI is InChI=1S/C12H14N2O3S/c15-9-12(10-4-2-1-3-5-10)14-18(16,17)11-6-7-13-8-11/h1-8,12-15H,9H2. The summed E-state index contributed by atoms with van der Waals surface area (Å²) in [6.45, 7) is -0.298. The Morgan fingerprint density at radius 3 is 2.50 bits per heavy atom. The predicted molar refractivity (Wildman–Crippen MR) is 67.4 cm³/mol. The fraction of sp³-hybridized carbons (Fsp3) is 0.167. The fourth-order valence-electron chi connectivity index (χ4n) is 1.63. The quantitative estimate of drug-likeness (QED) is 0.756. The Kier molecular flexibility index (Phi) is 3.81. The summed E-state index contributed by atoms with van der Waals surface area (Å²) in [6, 6.07) is 9.76. The van der Waals surface area contributed by atoms with Gasteiger partial charge in [-0.1, -0.05) is 30.3 Å². The van der Waals surface area contributed by atoms with Gasteiger partial charge in [0.1, 0.15) is 0 Å². The Labute approximate surface area is 106 Å². The molecule has 0 aliphatic heterocycles. The fourth-order valence-corrected chi connectivity index (χ4v) is 2.82. The van der Waals surface area contributed by atoms with Gasteiger partial charge in [0, 0.05) is 12.4 Å². The van der Waals surface area contributed by atoms with Gasteiger partial charge in [-0.05, 0) is 11.6 Å². The summed E-state index contributed by atoms with van der Waals surface area (Å²) in [5.74, 6) is 0. The van der Waals surface area contributed by atoms with Crippen molar-refractivity contribution in [3.8, 4) is 0 Å². The minimum Gasteiger partial charge on any atom is -0.394 e. The van der Waals surface area contributed by atoms with Crippen LogP contribution in [0.4, 0.5) is 0 Å². The van der Waals surface area contributed by atoms with Crippen LogP contribution < -0.4 is 4.72 Å². The highest BCUT2D eigenvalue weighted by atomic mass is 32.2. The number of rotatable bonds is 5. The summed E-state index contributed by atoms with van der Waals surface area (Å²) in [7, 11) is -3.62. The average Bonchev–Trinajstić information content (AvgIpc) is 2.92. The number of aliphatic hydroxyl groups is 1. The third-order valence-electron chi connectivity index (χ3n) is 2.56. The van der Waals surface area contributed by atoms with Crippen molar-refractivity contribution in [1.82, 2.24) is 9.71 Å². The molecule has 5 nitrogen and oxygen atoms in total. The number of benzene rings is 1. The van der Waals surface area contributed by atoms with Crippen molar-refractivity contribution in [3.63, 3.8) is 0 Å². The van der Waals surface area contributed by atoms with Crippen LogP contribution in [-0.2, 0) is 10.0 Å². The molecule has 1 atom stereocenters. The molecule has 0 saturated carbocycles. The first-order chi connectivity index (χ1) is 8.63. The number of aromatic amines is 1. The number of hydrogen-bond acceptors (Lipinski definition) is 3. The van der Waals surface area contributed by atoms with Gasteiger partial charge < -0.3 is 10.1 Å². The topological polar surface area (TPSA) is 82.2 Å². The van der Waals surface area contributed by atoms with Crippen LogP contribution in [0, 0.1) is 0 Å². The Hall–Kier alpha value is -1.63. The maximum Gasteiger partial charge on any atom is 0.242 e. The maximum atomic E-state index is 12.0. The van der Waals surface area contributed by atoms with E-state index in [-0.39, 0.29) is 11.5 Å². The normalized spacial score (nSPS) is 13.4. The summed E-state index contributed by atoms with van der Waals surface area (Å²) in [4.78, 5) is 2.84. The molecule has 0 saturated heterocycles. The van der Waals surface area contributed by atoms with Gasteiger partial charge in [0.15, 0.2) is 0 Å². The highest BCUT2D eigenvalue weighted by Gasteiger charge is 2.20. The molecular formula is C12H14N2O3S. The van der Waals surface area contributed by atoms with Crippen molar-refractivity contribution in [2.75, 3.05) is 6.61 Å². The monoisotopic (exact) mass is 266 g/mol. The molecule has 18 heavy (non-hydrogen) atoms. The summed E-state index contributed by atoms with van der Waals surface area (Å²) in [6.07, 6.45) is 2.92. The van der Waals surface area contributed by atoms with Gasteiger partial charge in [-0.15, -0.1) is 0 Å². The van der Waals surface area contributed by atoms with Crippen molar-refractivity contribution in [2.24, 2.45) is 0 Å². The minimum atomic E-state index is -3.62. The summed E-state index contributed by atoms with van der Waals surface area (Å²) in [5, 5.41) is 9.31. The van der Waals surface area contributed by atoms with Gasteiger partial charge >= 0.3 is 0 Å². The molecule has 1 heterocycles. The van der Waals surface area contributed by atoms with Crippen LogP contribution in [0.15, 0.2) is 53.7 Å². The van der Waals surface area contributed by atoms with E-state index in [0.29, 0.717) is 0 Å². The highest BCUT2D eigenvalue weighted by Crippen LogP contribution is 2.16. The molecule has 0 fully saturated rings. The van der Waals surface area contributed by atoms with Crippen LogP contribution in [0.25, 0.3) is 0 Å². The number of sulfonamides is 1. The number of nitrogens with one attached hydrogen (secondary N) is 2. The third-order valence-corrected chi connectivity index (χ3v) is 4.03. The Bertz CT molecular complexity index is 579. The molecule has 2 aromatic rings. The molecule has 0 aliphatic rings. The molecule has 0 aliphatic carbocycles. The maximum absolute atomic E-state index is 12.0. The van der Waals surface area contributed by atoms with E-state index >= 15 is 0 Å². The van der Waals surface area contributed by atoms with E-state index in [0.717, 1.165) is 5.56 Å². The first-order valence-corrected chi connectivity index (χ1v) is 6.93. The van der Waals surface area contributed by atoms with E-state index in [4.69, 9.17) is 0 Å². The van der Waals surface area contributed by atoms with Crippen LogP contribution in [0.5, 0.6) is 0 Å². The molecule has 1 aromatic heterocycles. The third kappa shape index (κ3) is 2.79. The molecule has 96 valence electrons. The number of aliphatic hydroxyl groups excluding tert-OH is 1. The SMILES string of the molecule is O=S(=O)(NC(CO)c1ccccc1)c1cc[nH]c1. The minimum absolute atomic E-state index is 0.150. The Balaban J connectivity index is 2.22. The van der Waals surface area contributed by atoms with E-state index in [9.17, 15) is 13.5 Å². The van der Waals surface area contributed by atoms with E-state index in [1.165, 1.54) is 18.5 Å². The van der Waals surface area contributed by atoms with E-state index in [2.05, 4.69) is 9.71 Å². The van der Waals surface area contributed by atoms with Crippen LogP contribution in [-0.4, -0.2) is 25.1 Å². The number of H-pyrrole nitrogens is 1. The molecule has 3 N–H and O–H groups in total.